The number of hydrogen-bond donors (Lipinski definition) is 1. The van der Waals surface area contributed by atoms with Crippen molar-refractivity contribution in [3.63, 3.8) is 0 Å². The zero-order chi connectivity index (χ0) is 15.6. The van der Waals surface area contributed by atoms with Crippen LogP contribution in [0.4, 0.5) is 0 Å². The number of benzene rings is 1. The van der Waals surface area contributed by atoms with Crippen LogP contribution in [0.2, 0.25) is 0 Å². The number of hydrogen-bond acceptors (Lipinski definition) is 6. The van der Waals surface area contributed by atoms with Gasteiger partial charge in [0.1, 0.15) is 16.9 Å². The molecule has 6 nitrogen and oxygen atoms in total. The summed E-state index contributed by atoms with van der Waals surface area (Å²) in [4.78, 5) is 23.9. The standard InChI is InChI=1S/C15H16O6/c1-4-20-15(18)12(16)10-7-9-5-6-11(19-3)8(2)13(9)21-14(10)17/h5-7,15,18H,4H2,1-3H3. The van der Waals surface area contributed by atoms with Gasteiger partial charge in [-0.05, 0) is 32.0 Å². The number of rotatable bonds is 5. The van der Waals surface area contributed by atoms with E-state index in [1.807, 2.05) is 0 Å². The van der Waals surface area contributed by atoms with Gasteiger partial charge in [-0.2, -0.15) is 0 Å². The molecule has 0 saturated carbocycles. The Morgan fingerprint density at radius 3 is 2.76 bits per heavy atom. The lowest BCUT2D eigenvalue weighted by Crippen LogP contribution is -2.28. The molecule has 1 N–H and O–H groups in total. The van der Waals surface area contributed by atoms with Crippen molar-refractivity contribution in [1.29, 1.82) is 0 Å². The van der Waals surface area contributed by atoms with E-state index in [1.165, 1.54) is 13.2 Å². The molecule has 0 spiro atoms. The second-order valence-electron chi connectivity index (χ2n) is 4.43. The van der Waals surface area contributed by atoms with Crippen LogP contribution >= 0.6 is 0 Å². The third kappa shape index (κ3) is 2.81. The Morgan fingerprint density at radius 1 is 1.43 bits per heavy atom. The van der Waals surface area contributed by atoms with Crippen LogP contribution < -0.4 is 10.4 Å². The van der Waals surface area contributed by atoms with Crippen molar-refractivity contribution in [3.8, 4) is 5.75 Å². The number of Topliss-reactive ketones (excluding diaryl/α,β-unsaturated/α-hetero) is 1. The normalized spacial score (nSPS) is 12.4. The van der Waals surface area contributed by atoms with E-state index < -0.39 is 17.7 Å². The molecule has 1 aromatic heterocycles. The summed E-state index contributed by atoms with van der Waals surface area (Å²) in [6.07, 6.45) is -1.67. The molecule has 21 heavy (non-hydrogen) atoms. The van der Waals surface area contributed by atoms with E-state index in [1.54, 1.807) is 26.0 Å². The largest absolute Gasteiger partial charge is 0.496 e. The van der Waals surface area contributed by atoms with Crippen LogP contribution in [0.3, 0.4) is 0 Å². The Morgan fingerprint density at radius 2 is 2.14 bits per heavy atom. The Labute approximate surface area is 120 Å². The van der Waals surface area contributed by atoms with Crippen molar-refractivity contribution in [3.05, 3.63) is 39.7 Å². The molecule has 0 amide bonds. The van der Waals surface area contributed by atoms with Crippen LogP contribution in [0.25, 0.3) is 11.0 Å². The van der Waals surface area contributed by atoms with Crippen molar-refractivity contribution < 1.29 is 23.8 Å². The second-order valence-corrected chi connectivity index (χ2v) is 4.43. The molecular weight excluding hydrogens is 276 g/mol. The van der Waals surface area contributed by atoms with Crippen LogP contribution in [-0.4, -0.2) is 30.9 Å². The summed E-state index contributed by atoms with van der Waals surface area (Å²) in [6, 6.07) is 4.77. The van der Waals surface area contributed by atoms with Crippen molar-refractivity contribution in [1.82, 2.24) is 0 Å². The number of aliphatic hydroxyl groups excluding tert-OH is 1. The van der Waals surface area contributed by atoms with E-state index >= 15 is 0 Å². The predicted octanol–water partition coefficient (Wildman–Crippen LogP) is 1.65. The van der Waals surface area contributed by atoms with Gasteiger partial charge in [-0.15, -0.1) is 0 Å². The maximum absolute atomic E-state index is 11.9. The first-order valence-electron chi connectivity index (χ1n) is 6.45. The van der Waals surface area contributed by atoms with Gasteiger partial charge in [0.25, 0.3) is 0 Å². The maximum Gasteiger partial charge on any atom is 0.347 e. The number of methoxy groups -OCH3 is 1. The lowest BCUT2D eigenvalue weighted by atomic mass is 10.1. The van der Waals surface area contributed by atoms with Crippen molar-refractivity contribution >= 4 is 16.8 Å². The van der Waals surface area contributed by atoms with Gasteiger partial charge >= 0.3 is 5.63 Å². The van der Waals surface area contributed by atoms with E-state index in [2.05, 4.69) is 0 Å². The SMILES string of the molecule is CCOC(O)C(=O)c1cc2ccc(OC)c(C)c2oc1=O. The average Bonchev–Trinajstić information content (AvgIpc) is 2.47. The Balaban J connectivity index is 2.56. The Bertz CT molecular complexity index is 731. The molecule has 6 heteroatoms. The first-order valence-corrected chi connectivity index (χ1v) is 6.45. The maximum atomic E-state index is 11.9. The van der Waals surface area contributed by atoms with E-state index in [0.29, 0.717) is 22.3 Å². The van der Waals surface area contributed by atoms with Crippen molar-refractivity contribution in [2.24, 2.45) is 0 Å². The summed E-state index contributed by atoms with van der Waals surface area (Å²) in [5, 5.41) is 10.1. The fourth-order valence-electron chi connectivity index (χ4n) is 2.07. The highest BCUT2D eigenvalue weighted by Gasteiger charge is 2.22. The number of carbonyl (C=O) groups is 1. The summed E-state index contributed by atoms with van der Waals surface area (Å²) in [7, 11) is 1.52. The van der Waals surface area contributed by atoms with E-state index in [-0.39, 0.29) is 12.2 Å². The molecule has 2 aromatic rings. The number of ketones is 1. The third-order valence-electron chi connectivity index (χ3n) is 3.14. The van der Waals surface area contributed by atoms with Gasteiger partial charge in [-0.1, -0.05) is 0 Å². The molecule has 0 bridgehead atoms. The Kier molecular flexibility index (Phi) is 4.40. The molecule has 2 rings (SSSR count). The van der Waals surface area contributed by atoms with Crippen molar-refractivity contribution in [2.75, 3.05) is 13.7 Å². The summed E-state index contributed by atoms with van der Waals surface area (Å²) in [5.41, 5.74) is -0.0473. The number of carbonyl (C=O) groups excluding carboxylic acids is 1. The van der Waals surface area contributed by atoms with Gasteiger partial charge in [0, 0.05) is 17.6 Å². The third-order valence-corrected chi connectivity index (χ3v) is 3.14. The molecule has 0 saturated heterocycles. The quantitative estimate of drug-likeness (QED) is 0.512. The van der Waals surface area contributed by atoms with Crippen LogP contribution in [0, 0.1) is 6.92 Å². The van der Waals surface area contributed by atoms with Crippen LogP contribution in [0.1, 0.15) is 22.8 Å². The highest BCUT2D eigenvalue weighted by molar-refractivity contribution is 6.00. The fraction of sp³-hybridized carbons (Fsp3) is 0.333. The minimum atomic E-state index is -1.67. The van der Waals surface area contributed by atoms with E-state index in [4.69, 9.17) is 13.9 Å². The van der Waals surface area contributed by atoms with Crippen LogP contribution in [0.5, 0.6) is 5.75 Å². The minimum absolute atomic E-state index is 0.155. The fourth-order valence-corrected chi connectivity index (χ4v) is 2.07. The summed E-state index contributed by atoms with van der Waals surface area (Å²) in [5.74, 6) is -0.236. The van der Waals surface area contributed by atoms with Crippen LogP contribution in [-0.2, 0) is 4.74 Å². The van der Waals surface area contributed by atoms with Gasteiger partial charge in [0.2, 0.25) is 12.1 Å². The van der Waals surface area contributed by atoms with E-state index in [9.17, 15) is 14.7 Å². The monoisotopic (exact) mass is 292 g/mol. The second kappa shape index (κ2) is 6.07. The molecule has 1 aromatic carbocycles. The summed E-state index contributed by atoms with van der Waals surface area (Å²) < 4.78 is 15.1. The minimum Gasteiger partial charge on any atom is -0.496 e. The zero-order valence-electron chi connectivity index (χ0n) is 12.0. The smallest absolute Gasteiger partial charge is 0.347 e. The first-order chi connectivity index (χ1) is 9.99. The average molecular weight is 292 g/mol. The topological polar surface area (TPSA) is 86.0 Å². The molecule has 0 radical (unpaired) electrons. The highest BCUT2D eigenvalue weighted by Crippen LogP contribution is 2.26. The molecule has 1 atom stereocenters. The molecule has 0 aliphatic rings. The molecule has 112 valence electrons. The molecule has 0 aliphatic carbocycles. The first kappa shape index (κ1) is 15.2. The lowest BCUT2D eigenvalue weighted by Gasteiger charge is -2.10. The molecule has 1 heterocycles. The highest BCUT2D eigenvalue weighted by atomic mass is 16.6. The molecule has 1 unspecified atom stereocenters. The van der Waals surface area contributed by atoms with Gasteiger partial charge in [-0.25, -0.2) is 4.79 Å². The van der Waals surface area contributed by atoms with Crippen LogP contribution in [0.15, 0.2) is 27.4 Å². The predicted molar refractivity (Wildman–Crippen MR) is 75.7 cm³/mol. The summed E-state index contributed by atoms with van der Waals surface area (Å²) >= 11 is 0. The lowest BCUT2D eigenvalue weighted by molar-refractivity contribution is -0.0676. The number of aliphatic hydroxyl groups is 1. The summed E-state index contributed by atoms with van der Waals surface area (Å²) in [6.45, 7) is 3.54. The van der Waals surface area contributed by atoms with Crippen molar-refractivity contribution in [2.45, 2.75) is 20.1 Å². The van der Waals surface area contributed by atoms with Gasteiger partial charge in [-0.3, -0.25) is 4.79 Å². The zero-order valence-corrected chi connectivity index (χ0v) is 12.0. The number of ether oxygens (including phenoxy) is 2. The molecule has 0 aliphatic heterocycles. The Hall–Kier alpha value is -2.18. The number of fused-ring (bicyclic) bond motifs is 1. The molecule has 0 fully saturated rings. The van der Waals surface area contributed by atoms with Gasteiger partial charge in [0.15, 0.2) is 0 Å². The van der Waals surface area contributed by atoms with E-state index in [0.717, 1.165) is 0 Å². The molecular formula is C15H16O6. The van der Waals surface area contributed by atoms with Gasteiger partial charge < -0.3 is 19.0 Å². The number of aryl methyl sites for hydroxylation is 1. The van der Waals surface area contributed by atoms with Gasteiger partial charge in [0.05, 0.1) is 7.11 Å².